The minimum absolute atomic E-state index is 0.0838. The SMILES string of the molecule is Cc1noc(C)c1CN1CCc2c(C(=O)N(C)Cc3cnn(C)c3)csc2C1. The molecule has 1 aliphatic rings. The Morgan fingerprint density at radius 2 is 2.21 bits per heavy atom. The van der Waals surface area contributed by atoms with Crippen LogP contribution in [0.4, 0.5) is 0 Å². The van der Waals surface area contributed by atoms with Crippen LogP contribution in [-0.2, 0) is 33.1 Å². The van der Waals surface area contributed by atoms with Gasteiger partial charge in [-0.15, -0.1) is 11.3 Å². The Labute approximate surface area is 168 Å². The van der Waals surface area contributed by atoms with E-state index in [0.29, 0.717) is 6.54 Å². The van der Waals surface area contributed by atoms with Crippen LogP contribution in [-0.4, -0.2) is 44.2 Å². The molecule has 0 fully saturated rings. The Morgan fingerprint density at radius 3 is 2.89 bits per heavy atom. The normalized spacial score (nSPS) is 14.3. The topological polar surface area (TPSA) is 67.4 Å². The second kappa shape index (κ2) is 7.52. The molecule has 0 spiro atoms. The molecule has 0 unspecified atom stereocenters. The van der Waals surface area contributed by atoms with Gasteiger partial charge >= 0.3 is 0 Å². The van der Waals surface area contributed by atoms with E-state index in [0.717, 1.165) is 48.6 Å². The van der Waals surface area contributed by atoms with Gasteiger partial charge in [0, 0.05) is 67.9 Å². The number of carbonyl (C=O) groups is 1. The number of amides is 1. The van der Waals surface area contributed by atoms with Crippen LogP contribution in [0.3, 0.4) is 0 Å². The second-order valence-corrected chi connectivity index (χ2v) is 8.46. The highest BCUT2D eigenvalue weighted by Gasteiger charge is 2.26. The lowest BCUT2D eigenvalue weighted by atomic mass is 10.0. The quantitative estimate of drug-likeness (QED) is 0.660. The zero-order chi connectivity index (χ0) is 19.8. The van der Waals surface area contributed by atoms with E-state index < -0.39 is 0 Å². The Bertz CT molecular complexity index is 983. The number of hydrogen-bond donors (Lipinski definition) is 0. The molecule has 148 valence electrons. The summed E-state index contributed by atoms with van der Waals surface area (Å²) in [6.45, 7) is 7.15. The predicted molar refractivity (Wildman–Crippen MR) is 107 cm³/mol. The van der Waals surface area contributed by atoms with Gasteiger partial charge in [-0.25, -0.2) is 0 Å². The molecule has 0 bridgehead atoms. The number of thiophene rings is 1. The Balaban J connectivity index is 1.45. The second-order valence-electron chi connectivity index (χ2n) is 7.50. The number of rotatable bonds is 5. The number of aryl methyl sites for hydroxylation is 3. The summed E-state index contributed by atoms with van der Waals surface area (Å²) in [6.07, 6.45) is 4.64. The molecular formula is C20H25N5O2S. The van der Waals surface area contributed by atoms with Gasteiger partial charge in [0.05, 0.1) is 17.5 Å². The summed E-state index contributed by atoms with van der Waals surface area (Å²) in [7, 11) is 3.74. The summed E-state index contributed by atoms with van der Waals surface area (Å²) < 4.78 is 7.05. The average Bonchev–Trinajstić information content (AvgIpc) is 3.36. The van der Waals surface area contributed by atoms with Crippen molar-refractivity contribution in [2.45, 2.75) is 39.9 Å². The highest BCUT2D eigenvalue weighted by molar-refractivity contribution is 7.10. The van der Waals surface area contributed by atoms with Gasteiger partial charge in [-0.1, -0.05) is 5.16 Å². The van der Waals surface area contributed by atoms with Crippen LogP contribution in [0.2, 0.25) is 0 Å². The van der Waals surface area contributed by atoms with E-state index in [1.807, 2.05) is 39.5 Å². The number of nitrogens with zero attached hydrogens (tertiary/aromatic N) is 5. The Morgan fingerprint density at radius 1 is 1.39 bits per heavy atom. The van der Waals surface area contributed by atoms with E-state index in [4.69, 9.17) is 4.52 Å². The molecule has 1 amide bonds. The number of carbonyl (C=O) groups excluding carboxylic acids is 1. The molecule has 7 nitrogen and oxygen atoms in total. The standard InChI is InChI=1S/C20H25N5O2S/c1-13-17(14(2)27-22-13)10-25-6-5-16-18(12-28-19(16)11-25)20(26)23(3)8-15-7-21-24(4)9-15/h7,9,12H,5-6,8,10-11H2,1-4H3. The van der Waals surface area contributed by atoms with Crippen molar-refractivity contribution < 1.29 is 9.32 Å². The Kier molecular flexibility index (Phi) is 5.07. The summed E-state index contributed by atoms with van der Waals surface area (Å²) in [4.78, 5) is 18.5. The van der Waals surface area contributed by atoms with Crippen molar-refractivity contribution in [1.29, 1.82) is 0 Å². The lowest BCUT2D eigenvalue weighted by Gasteiger charge is -2.27. The molecule has 0 saturated heterocycles. The highest BCUT2D eigenvalue weighted by Crippen LogP contribution is 2.31. The smallest absolute Gasteiger partial charge is 0.255 e. The van der Waals surface area contributed by atoms with Crippen molar-refractivity contribution in [1.82, 2.24) is 24.7 Å². The third-order valence-corrected chi connectivity index (χ3v) is 6.36. The molecule has 0 atom stereocenters. The molecule has 1 aliphatic heterocycles. The minimum atomic E-state index is 0.0838. The summed E-state index contributed by atoms with van der Waals surface area (Å²) in [6, 6.07) is 0. The zero-order valence-electron chi connectivity index (χ0n) is 16.7. The van der Waals surface area contributed by atoms with Gasteiger partial charge in [0.2, 0.25) is 0 Å². The first-order valence-corrected chi connectivity index (χ1v) is 10.3. The van der Waals surface area contributed by atoms with Crippen LogP contribution in [0.15, 0.2) is 22.3 Å². The average molecular weight is 400 g/mol. The first kappa shape index (κ1) is 18.9. The fourth-order valence-electron chi connectivity index (χ4n) is 3.75. The third kappa shape index (κ3) is 3.62. The maximum absolute atomic E-state index is 13.0. The molecule has 4 rings (SSSR count). The van der Waals surface area contributed by atoms with Crippen LogP contribution in [0.25, 0.3) is 0 Å². The fourth-order valence-corrected chi connectivity index (χ4v) is 4.87. The van der Waals surface area contributed by atoms with Crippen LogP contribution in [0.1, 0.15) is 43.4 Å². The van der Waals surface area contributed by atoms with E-state index in [-0.39, 0.29) is 5.91 Å². The molecule has 0 aliphatic carbocycles. The van der Waals surface area contributed by atoms with Gasteiger partial charge in [0.15, 0.2) is 0 Å². The van der Waals surface area contributed by atoms with E-state index >= 15 is 0 Å². The van der Waals surface area contributed by atoms with Crippen molar-refractivity contribution in [3.8, 4) is 0 Å². The van der Waals surface area contributed by atoms with Crippen LogP contribution in [0.5, 0.6) is 0 Å². The van der Waals surface area contributed by atoms with Gasteiger partial charge in [0.1, 0.15) is 5.76 Å². The van der Waals surface area contributed by atoms with Crippen molar-refractivity contribution in [3.63, 3.8) is 0 Å². The monoisotopic (exact) mass is 399 g/mol. The maximum Gasteiger partial charge on any atom is 0.255 e. The van der Waals surface area contributed by atoms with Gasteiger partial charge in [-0.3, -0.25) is 14.4 Å². The third-order valence-electron chi connectivity index (χ3n) is 5.34. The molecule has 3 aromatic heterocycles. The van der Waals surface area contributed by atoms with Gasteiger partial charge in [0.25, 0.3) is 5.91 Å². The van der Waals surface area contributed by atoms with E-state index in [1.54, 1.807) is 27.1 Å². The zero-order valence-corrected chi connectivity index (χ0v) is 17.5. The molecule has 0 radical (unpaired) electrons. The van der Waals surface area contributed by atoms with E-state index in [2.05, 4.69) is 15.2 Å². The highest BCUT2D eigenvalue weighted by atomic mass is 32.1. The lowest BCUT2D eigenvalue weighted by Crippen LogP contribution is -2.31. The summed E-state index contributed by atoms with van der Waals surface area (Å²) in [5, 5.41) is 10.3. The largest absolute Gasteiger partial charge is 0.361 e. The van der Waals surface area contributed by atoms with Crippen LogP contribution < -0.4 is 0 Å². The van der Waals surface area contributed by atoms with Crippen molar-refractivity contribution in [2.24, 2.45) is 7.05 Å². The molecule has 0 aromatic carbocycles. The molecule has 28 heavy (non-hydrogen) atoms. The van der Waals surface area contributed by atoms with Crippen molar-refractivity contribution in [2.75, 3.05) is 13.6 Å². The van der Waals surface area contributed by atoms with Crippen molar-refractivity contribution >= 4 is 17.2 Å². The fraction of sp³-hybridized carbons (Fsp3) is 0.450. The first-order valence-electron chi connectivity index (χ1n) is 9.38. The molecular weight excluding hydrogens is 374 g/mol. The molecule has 4 heterocycles. The lowest BCUT2D eigenvalue weighted by molar-refractivity contribution is 0.0783. The minimum Gasteiger partial charge on any atom is -0.361 e. The number of fused-ring (bicyclic) bond motifs is 1. The molecule has 0 N–H and O–H groups in total. The Hall–Kier alpha value is -2.45. The van der Waals surface area contributed by atoms with E-state index in [1.165, 1.54) is 16.0 Å². The summed E-state index contributed by atoms with van der Waals surface area (Å²) in [5.74, 6) is 0.975. The first-order chi connectivity index (χ1) is 13.4. The van der Waals surface area contributed by atoms with Crippen LogP contribution in [0, 0.1) is 13.8 Å². The van der Waals surface area contributed by atoms with Crippen LogP contribution >= 0.6 is 11.3 Å². The number of hydrogen-bond acceptors (Lipinski definition) is 6. The molecule has 0 saturated carbocycles. The predicted octanol–water partition coefficient (Wildman–Crippen LogP) is 2.92. The summed E-state index contributed by atoms with van der Waals surface area (Å²) >= 11 is 1.69. The van der Waals surface area contributed by atoms with Gasteiger partial charge < -0.3 is 9.42 Å². The van der Waals surface area contributed by atoms with Gasteiger partial charge in [-0.2, -0.15) is 5.10 Å². The van der Waals surface area contributed by atoms with Crippen molar-refractivity contribution in [3.05, 3.63) is 56.4 Å². The van der Waals surface area contributed by atoms with E-state index in [9.17, 15) is 4.79 Å². The molecule has 3 aromatic rings. The summed E-state index contributed by atoms with van der Waals surface area (Å²) in [5.41, 5.74) is 5.23. The number of aromatic nitrogens is 3. The van der Waals surface area contributed by atoms with Gasteiger partial charge in [-0.05, 0) is 25.8 Å². The maximum atomic E-state index is 13.0. The molecule has 8 heteroatoms.